The van der Waals surface area contributed by atoms with Crippen LogP contribution in [0.25, 0.3) is 0 Å². The Kier molecular flexibility index (Phi) is 7.64. The lowest BCUT2D eigenvalue weighted by Gasteiger charge is -2.25. The smallest absolute Gasteiger partial charge is 0.315 e. The monoisotopic (exact) mass is 482 g/mol. The topological polar surface area (TPSA) is 73.0 Å². The molecule has 1 heterocycles. The van der Waals surface area contributed by atoms with Crippen molar-refractivity contribution in [3.63, 3.8) is 0 Å². The molecule has 10 heteroatoms. The van der Waals surface area contributed by atoms with Gasteiger partial charge in [-0.2, -0.15) is 0 Å². The summed E-state index contributed by atoms with van der Waals surface area (Å²) in [5, 5.41) is 3.83. The average molecular weight is 484 g/mol. The fraction of sp³-hybridized carbons (Fsp3) is 0.286. The number of carbonyl (C=O) groups excluding carboxylic acids is 3. The second-order valence-electron chi connectivity index (χ2n) is 6.98. The molecule has 1 aliphatic heterocycles. The molecule has 3 rings (SSSR count). The van der Waals surface area contributed by atoms with Gasteiger partial charge in [0.15, 0.2) is 0 Å². The van der Waals surface area contributed by atoms with Gasteiger partial charge in [-0.1, -0.05) is 47.8 Å². The molecule has 4 amide bonds. The minimum Gasteiger partial charge on any atom is -0.315 e. The molecule has 164 valence electrons. The van der Waals surface area contributed by atoms with Crippen molar-refractivity contribution in [3.8, 4) is 0 Å². The van der Waals surface area contributed by atoms with Crippen molar-refractivity contribution in [1.82, 2.24) is 9.80 Å². The first-order chi connectivity index (χ1) is 14.8. The minimum absolute atomic E-state index is 0.0562. The Morgan fingerprint density at radius 3 is 2.32 bits per heavy atom. The van der Waals surface area contributed by atoms with Gasteiger partial charge in [-0.3, -0.25) is 14.5 Å². The largest absolute Gasteiger partial charge is 0.322 e. The van der Waals surface area contributed by atoms with Gasteiger partial charge in [-0.15, -0.1) is 0 Å². The van der Waals surface area contributed by atoms with Gasteiger partial charge in [0.1, 0.15) is 19.8 Å². The van der Waals surface area contributed by atoms with Crippen LogP contribution < -0.4 is 10.2 Å². The summed E-state index contributed by atoms with van der Waals surface area (Å²) < 4.78 is 0. The van der Waals surface area contributed by atoms with Gasteiger partial charge in [0, 0.05) is 17.3 Å². The molecule has 1 N–H and O–H groups in total. The van der Waals surface area contributed by atoms with Crippen LogP contribution in [0.5, 0.6) is 0 Å². The lowest BCUT2D eigenvalue weighted by molar-refractivity contribution is -0.132. The highest BCUT2D eigenvalue weighted by Gasteiger charge is 2.33. The van der Waals surface area contributed by atoms with Crippen LogP contribution in [0.2, 0.25) is 15.1 Å². The zero-order valence-corrected chi connectivity index (χ0v) is 19.0. The molecule has 7 nitrogen and oxygen atoms in total. The summed E-state index contributed by atoms with van der Waals surface area (Å²) in [6.45, 7) is 2.12. The first-order valence-corrected chi connectivity index (χ1v) is 10.8. The zero-order chi connectivity index (χ0) is 22.5. The van der Waals surface area contributed by atoms with E-state index in [1.165, 1.54) is 14.7 Å². The predicted octanol–water partition coefficient (Wildman–Crippen LogP) is 4.72. The van der Waals surface area contributed by atoms with Crippen LogP contribution in [0, 0.1) is 0 Å². The third-order valence-electron chi connectivity index (χ3n) is 4.73. The number of anilines is 2. The number of hydrogen-bond acceptors (Lipinski definition) is 3. The van der Waals surface area contributed by atoms with E-state index in [0.29, 0.717) is 33.7 Å². The Labute approximate surface area is 195 Å². The second-order valence-corrected chi connectivity index (χ2v) is 8.23. The molecule has 0 bridgehead atoms. The summed E-state index contributed by atoms with van der Waals surface area (Å²) >= 11 is 18.1. The van der Waals surface area contributed by atoms with Crippen molar-refractivity contribution in [2.24, 2.45) is 0 Å². The number of urea groups is 1. The van der Waals surface area contributed by atoms with Gasteiger partial charge in [-0.05, 0) is 42.8 Å². The molecule has 0 aromatic heterocycles. The summed E-state index contributed by atoms with van der Waals surface area (Å²) in [6, 6.07) is 11.2. The van der Waals surface area contributed by atoms with Gasteiger partial charge in [0.05, 0.1) is 15.7 Å². The van der Waals surface area contributed by atoms with Crippen LogP contribution in [-0.2, 0) is 9.59 Å². The number of carbonyl (C=O) groups is 3. The first-order valence-electron chi connectivity index (χ1n) is 9.63. The van der Waals surface area contributed by atoms with Crippen molar-refractivity contribution in [3.05, 3.63) is 57.5 Å². The van der Waals surface area contributed by atoms with Gasteiger partial charge in [0.2, 0.25) is 11.8 Å². The molecule has 0 atom stereocenters. The summed E-state index contributed by atoms with van der Waals surface area (Å²) in [5.41, 5.74) is 0.941. The van der Waals surface area contributed by atoms with Crippen LogP contribution in [0.3, 0.4) is 0 Å². The zero-order valence-electron chi connectivity index (χ0n) is 16.8. The summed E-state index contributed by atoms with van der Waals surface area (Å²) in [6.07, 6.45) is 0.646. The molecule has 31 heavy (non-hydrogen) atoms. The summed E-state index contributed by atoms with van der Waals surface area (Å²) in [5.74, 6) is -0.538. The van der Waals surface area contributed by atoms with Crippen molar-refractivity contribution in [2.75, 3.05) is 36.5 Å². The maximum atomic E-state index is 12.8. The number of nitrogens with zero attached hydrogens (tertiary/aromatic N) is 3. The van der Waals surface area contributed by atoms with E-state index in [9.17, 15) is 14.4 Å². The van der Waals surface area contributed by atoms with E-state index in [1.54, 1.807) is 42.5 Å². The molecular weight excluding hydrogens is 463 g/mol. The van der Waals surface area contributed by atoms with Crippen LogP contribution in [0.1, 0.15) is 13.3 Å². The van der Waals surface area contributed by atoms with Crippen LogP contribution in [0.4, 0.5) is 16.2 Å². The Morgan fingerprint density at radius 1 is 1.06 bits per heavy atom. The Balaban J connectivity index is 1.67. The van der Waals surface area contributed by atoms with Gasteiger partial charge in [0.25, 0.3) is 0 Å². The highest BCUT2D eigenvalue weighted by Crippen LogP contribution is 2.30. The van der Waals surface area contributed by atoms with E-state index >= 15 is 0 Å². The molecule has 1 aliphatic rings. The Morgan fingerprint density at radius 2 is 1.71 bits per heavy atom. The molecule has 0 aliphatic carbocycles. The number of amides is 4. The molecule has 0 saturated carbocycles. The average Bonchev–Trinajstić information content (AvgIpc) is 3.12. The lowest BCUT2D eigenvalue weighted by atomic mass is 10.3. The van der Waals surface area contributed by atoms with E-state index in [1.807, 2.05) is 6.92 Å². The molecule has 2 aromatic carbocycles. The van der Waals surface area contributed by atoms with Crippen LogP contribution in [0.15, 0.2) is 42.5 Å². The van der Waals surface area contributed by atoms with Crippen LogP contribution >= 0.6 is 34.8 Å². The molecule has 0 radical (unpaired) electrons. The lowest BCUT2D eigenvalue weighted by Crippen LogP contribution is -2.44. The molecule has 0 unspecified atom stereocenters. The van der Waals surface area contributed by atoms with Crippen molar-refractivity contribution >= 4 is 64.0 Å². The number of benzene rings is 2. The van der Waals surface area contributed by atoms with Gasteiger partial charge in [-0.25, -0.2) is 4.79 Å². The first kappa shape index (κ1) is 23.2. The highest BCUT2D eigenvalue weighted by atomic mass is 35.5. The third kappa shape index (κ3) is 5.61. The molecule has 1 fully saturated rings. The fourth-order valence-corrected chi connectivity index (χ4v) is 3.77. The maximum Gasteiger partial charge on any atom is 0.322 e. The van der Waals surface area contributed by atoms with E-state index in [-0.39, 0.29) is 37.3 Å². The summed E-state index contributed by atoms with van der Waals surface area (Å²) in [7, 11) is 0. The SMILES string of the molecule is CCCN(CC(=O)N1CC(=O)N(c2ccc(Cl)cc2)C1)C(=O)Nc1c(Cl)cccc1Cl. The number of rotatable bonds is 6. The Bertz CT molecular complexity index is 964. The van der Waals surface area contributed by atoms with E-state index in [2.05, 4.69) is 5.32 Å². The van der Waals surface area contributed by atoms with Crippen molar-refractivity contribution in [2.45, 2.75) is 13.3 Å². The second kappa shape index (κ2) is 10.2. The van der Waals surface area contributed by atoms with Crippen molar-refractivity contribution < 1.29 is 14.4 Å². The highest BCUT2D eigenvalue weighted by molar-refractivity contribution is 6.39. The predicted molar refractivity (Wildman–Crippen MR) is 123 cm³/mol. The maximum absolute atomic E-state index is 12.8. The third-order valence-corrected chi connectivity index (χ3v) is 5.61. The minimum atomic E-state index is -0.495. The summed E-state index contributed by atoms with van der Waals surface area (Å²) in [4.78, 5) is 42.3. The molecular formula is C21H21Cl3N4O3. The standard InChI is InChI=1S/C21H21Cl3N4O3/c1-2-10-26(21(31)25-20-16(23)4-3-5-17(20)24)11-18(29)27-12-19(30)28(13-27)15-8-6-14(22)7-9-15/h3-9H,2,10-13H2,1H3,(H,25,31). The molecule has 1 saturated heterocycles. The number of hydrogen-bond donors (Lipinski definition) is 1. The normalized spacial score (nSPS) is 13.5. The number of para-hydroxylation sites is 1. The molecule has 0 spiro atoms. The van der Waals surface area contributed by atoms with Crippen LogP contribution in [-0.4, -0.2) is 53.9 Å². The number of nitrogens with one attached hydrogen (secondary N) is 1. The number of halogens is 3. The molecule has 2 aromatic rings. The van der Waals surface area contributed by atoms with Gasteiger partial charge < -0.3 is 15.1 Å². The van der Waals surface area contributed by atoms with E-state index < -0.39 is 6.03 Å². The fourth-order valence-electron chi connectivity index (χ4n) is 3.15. The quantitative estimate of drug-likeness (QED) is 0.646. The van der Waals surface area contributed by atoms with E-state index in [4.69, 9.17) is 34.8 Å². The van der Waals surface area contributed by atoms with E-state index in [0.717, 1.165) is 0 Å². The Hall–Kier alpha value is -2.48. The van der Waals surface area contributed by atoms with Crippen molar-refractivity contribution in [1.29, 1.82) is 0 Å². The van der Waals surface area contributed by atoms with Gasteiger partial charge >= 0.3 is 6.03 Å².